The Morgan fingerprint density at radius 1 is 0.471 bits per heavy atom. The van der Waals surface area contributed by atoms with Crippen LogP contribution in [0.1, 0.15) is 88.8 Å². The topological polar surface area (TPSA) is 193 Å². The third-order valence-electron chi connectivity index (χ3n) is 9.35. The summed E-state index contributed by atoms with van der Waals surface area (Å²) in [5, 5.41) is 8.20. The van der Waals surface area contributed by atoms with Crippen LogP contribution in [0, 0.1) is 0 Å². The standard InChI is InChI=1S/C52H56N2O14/c1-4-48(55)62-31-13-9-7-11-29-60-43-22-17-40(18-23-43)38-66-68-47-28-19-41(35-46(47)52(59)65-34-33-64-50(57)6-3)37-54-53-36-39-15-24-45(25-16-39)67-51(58)42-20-26-44(27-21-42)61-30-12-8-10-14-32-63-49(56)5-2/h4-6,15-28,35-37H,1-3,7-14,29-34,38H2. The van der Waals surface area contributed by atoms with Gasteiger partial charge in [-0.2, -0.15) is 15.1 Å². The molecule has 0 spiro atoms. The highest BCUT2D eigenvalue weighted by atomic mass is 17.2. The number of nitrogens with zero attached hydrogens (tertiary/aromatic N) is 2. The van der Waals surface area contributed by atoms with Crippen LogP contribution in [0.2, 0.25) is 0 Å². The maximum Gasteiger partial charge on any atom is 0.343 e. The summed E-state index contributed by atoms with van der Waals surface area (Å²) in [7, 11) is 0. The Labute approximate surface area is 395 Å². The zero-order chi connectivity index (χ0) is 48.6. The van der Waals surface area contributed by atoms with Crippen LogP contribution in [0.5, 0.6) is 23.0 Å². The van der Waals surface area contributed by atoms with Crippen molar-refractivity contribution in [3.05, 3.63) is 157 Å². The molecule has 4 rings (SSSR count). The molecule has 4 aromatic carbocycles. The van der Waals surface area contributed by atoms with Gasteiger partial charge in [0.1, 0.15) is 42.6 Å². The van der Waals surface area contributed by atoms with Gasteiger partial charge in [-0.05, 0) is 147 Å². The fourth-order valence-corrected chi connectivity index (χ4v) is 5.75. The number of carbonyl (C=O) groups excluding carboxylic acids is 5. The first kappa shape index (κ1) is 52.8. The second-order valence-corrected chi connectivity index (χ2v) is 14.5. The monoisotopic (exact) mass is 932 g/mol. The Morgan fingerprint density at radius 2 is 0.941 bits per heavy atom. The smallest absolute Gasteiger partial charge is 0.343 e. The Hall–Kier alpha value is -7.85. The molecule has 0 fully saturated rings. The fourth-order valence-electron chi connectivity index (χ4n) is 5.75. The molecule has 0 aliphatic heterocycles. The van der Waals surface area contributed by atoms with Crippen LogP contribution in [-0.4, -0.2) is 81.9 Å². The number of rotatable bonds is 32. The zero-order valence-electron chi connectivity index (χ0n) is 37.9. The van der Waals surface area contributed by atoms with Crippen LogP contribution >= 0.6 is 0 Å². The van der Waals surface area contributed by atoms with Crippen molar-refractivity contribution in [1.29, 1.82) is 0 Å². The molecule has 0 heterocycles. The van der Waals surface area contributed by atoms with E-state index in [1.165, 1.54) is 24.6 Å². The zero-order valence-corrected chi connectivity index (χ0v) is 37.9. The number of hydrogen-bond donors (Lipinski definition) is 0. The van der Waals surface area contributed by atoms with E-state index < -0.39 is 29.8 Å². The summed E-state index contributed by atoms with van der Waals surface area (Å²) < 4.78 is 37.3. The lowest BCUT2D eigenvalue weighted by atomic mass is 10.1. The van der Waals surface area contributed by atoms with Crippen LogP contribution in [0.25, 0.3) is 0 Å². The fraction of sp³-hybridized carbons (Fsp3) is 0.288. The van der Waals surface area contributed by atoms with Gasteiger partial charge in [0.05, 0.1) is 44.4 Å². The predicted octanol–water partition coefficient (Wildman–Crippen LogP) is 9.09. The van der Waals surface area contributed by atoms with E-state index in [9.17, 15) is 24.0 Å². The van der Waals surface area contributed by atoms with Crippen molar-refractivity contribution in [2.45, 2.75) is 58.0 Å². The number of carbonyl (C=O) groups is 5. The third kappa shape index (κ3) is 21.0. The van der Waals surface area contributed by atoms with Gasteiger partial charge in [-0.1, -0.05) is 31.9 Å². The first-order valence-corrected chi connectivity index (χ1v) is 22.0. The number of ether oxygens (including phenoxy) is 7. The van der Waals surface area contributed by atoms with E-state index >= 15 is 0 Å². The van der Waals surface area contributed by atoms with E-state index in [4.69, 9.17) is 42.9 Å². The average molecular weight is 933 g/mol. The number of benzene rings is 4. The minimum Gasteiger partial charge on any atom is -0.494 e. The van der Waals surface area contributed by atoms with Crippen molar-refractivity contribution in [1.82, 2.24) is 0 Å². The molecular formula is C52H56N2O14. The molecule has 0 amide bonds. The normalized spacial score (nSPS) is 10.8. The molecule has 16 nitrogen and oxygen atoms in total. The second kappa shape index (κ2) is 31.1. The molecule has 0 saturated heterocycles. The minimum atomic E-state index is -0.761. The average Bonchev–Trinajstić information content (AvgIpc) is 3.36. The van der Waals surface area contributed by atoms with Crippen molar-refractivity contribution in [2.75, 3.05) is 39.6 Å². The molecule has 0 atom stereocenters. The molecule has 0 bridgehead atoms. The van der Waals surface area contributed by atoms with Crippen molar-refractivity contribution < 1.29 is 66.9 Å². The summed E-state index contributed by atoms with van der Waals surface area (Å²) in [5.41, 5.74) is 2.34. The minimum absolute atomic E-state index is 0.0225. The molecule has 0 N–H and O–H groups in total. The summed E-state index contributed by atoms with van der Waals surface area (Å²) in [6.07, 6.45) is 13.2. The SMILES string of the molecule is C=CC(=O)OCCCCCCOc1ccc(COOc2ccc(C=NN=Cc3ccc(OC(=O)c4ccc(OCCCCCCOC(=O)C=C)cc4)cc3)cc2C(=O)OCCOC(=O)C=C)cc1. The molecule has 0 saturated carbocycles. The van der Waals surface area contributed by atoms with Gasteiger partial charge in [0.2, 0.25) is 0 Å². The van der Waals surface area contributed by atoms with Crippen LogP contribution in [0.15, 0.2) is 139 Å². The van der Waals surface area contributed by atoms with Crippen molar-refractivity contribution in [2.24, 2.45) is 10.2 Å². The number of hydrogen-bond acceptors (Lipinski definition) is 16. The maximum atomic E-state index is 13.1. The van der Waals surface area contributed by atoms with Crippen LogP contribution in [0.3, 0.4) is 0 Å². The maximum absolute atomic E-state index is 13.1. The Bertz CT molecular complexity index is 2310. The van der Waals surface area contributed by atoms with Crippen molar-refractivity contribution >= 4 is 42.3 Å². The summed E-state index contributed by atoms with van der Waals surface area (Å²) in [4.78, 5) is 70.5. The van der Waals surface area contributed by atoms with Crippen molar-refractivity contribution in [3.63, 3.8) is 0 Å². The Morgan fingerprint density at radius 3 is 1.50 bits per heavy atom. The first-order valence-electron chi connectivity index (χ1n) is 22.0. The highest BCUT2D eigenvalue weighted by Gasteiger charge is 2.17. The van der Waals surface area contributed by atoms with E-state index in [-0.39, 0.29) is 31.1 Å². The molecule has 0 aliphatic rings. The summed E-state index contributed by atoms with van der Waals surface area (Å²) in [6.45, 7) is 11.6. The predicted molar refractivity (Wildman–Crippen MR) is 253 cm³/mol. The van der Waals surface area contributed by atoms with Gasteiger partial charge in [0, 0.05) is 18.2 Å². The van der Waals surface area contributed by atoms with Gasteiger partial charge in [-0.15, -0.1) is 0 Å². The molecule has 0 unspecified atom stereocenters. The van der Waals surface area contributed by atoms with Gasteiger partial charge in [-0.3, -0.25) is 0 Å². The van der Waals surface area contributed by atoms with Crippen LogP contribution < -0.4 is 19.1 Å². The molecule has 0 radical (unpaired) electrons. The molecule has 16 heteroatoms. The molecule has 0 aromatic heterocycles. The highest BCUT2D eigenvalue weighted by Crippen LogP contribution is 2.23. The van der Waals surface area contributed by atoms with E-state index in [1.54, 1.807) is 54.6 Å². The van der Waals surface area contributed by atoms with Gasteiger partial charge in [0.25, 0.3) is 0 Å². The van der Waals surface area contributed by atoms with Crippen LogP contribution in [0.4, 0.5) is 0 Å². The Balaban J connectivity index is 1.23. The van der Waals surface area contributed by atoms with Gasteiger partial charge < -0.3 is 38.0 Å². The summed E-state index contributed by atoms with van der Waals surface area (Å²) in [5.74, 6) is -1.02. The third-order valence-corrected chi connectivity index (χ3v) is 9.35. The second-order valence-electron chi connectivity index (χ2n) is 14.5. The quantitative estimate of drug-likeness (QED) is 0.00658. The van der Waals surface area contributed by atoms with E-state index in [0.29, 0.717) is 60.4 Å². The van der Waals surface area contributed by atoms with Crippen molar-refractivity contribution in [3.8, 4) is 23.0 Å². The lowest BCUT2D eigenvalue weighted by Gasteiger charge is -2.11. The highest BCUT2D eigenvalue weighted by molar-refractivity contribution is 5.95. The molecule has 0 aliphatic carbocycles. The van der Waals surface area contributed by atoms with E-state index in [1.807, 2.05) is 24.3 Å². The largest absolute Gasteiger partial charge is 0.494 e. The van der Waals surface area contributed by atoms with Gasteiger partial charge in [-0.25, -0.2) is 24.0 Å². The van der Waals surface area contributed by atoms with E-state index in [0.717, 1.165) is 75.2 Å². The van der Waals surface area contributed by atoms with E-state index in [2.05, 4.69) is 29.9 Å². The Kier molecular flexibility index (Phi) is 24.2. The number of esters is 5. The molecule has 68 heavy (non-hydrogen) atoms. The van der Waals surface area contributed by atoms with Gasteiger partial charge in [0.15, 0.2) is 5.75 Å². The molecule has 358 valence electrons. The number of unbranched alkanes of at least 4 members (excludes halogenated alkanes) is 6. The first-order chi connectivity index (χ1) is 33.2. The molecule has 4 aromatic rings. The van der Waals surface area contributed by atoms with Gasteiger partial charge >= 0.3 is 29.8 Å². The summed E-state index contributed by atoms with van der Waals surface area (Å²) >= 11 is 0. The lowest BCUT2D eigenvalue weighted by molar-refractivity contribution is -0.217. The lowest BCUT2D eigenvalue weighted by Crippen LogP contribution is -2.14. The summed E-state index contributed by atoms with van der Waals surface area (Å²) in [6, 6.07) is 25.3. The molecular weight excluding hydrogens is 877 g/mol. The van der Waals surface area contributed by atoms with Crippen LogP contribution in [-0.2, 0) is 44.8 Å².